The van der Waals surface area contributed by atoms with Gasteiger partial charge in [0.25, 0.3) is 0 Å². The Morgan fingerprint density at radius 2 is 2.05 bits per heavy atom. The van der Waals surface area contributed by atoms with Gasteiger partial charge >= 0.3 is 11.7 Å². The Morgan fingerprint density at radius 3 is 2.52 bits per heavy atom. The van der Waals surface area contributed by atoms with Crippen LogP contribution in [-0.2, 0) is 0 Å². The molecule has 9 heteroatoms. The van der Waals surface area contributed by atoms with Gasteiger partial charge in [-0.2, -0.15) is 4.39 Å². The number of thiophene rings is 1. The lowest BCUT2D eigenvalue weighted by molar-refractivity contribution is -0.387. The fourth-order valence-corrected chi connectivity index (χ4v) is 2.92. The fourth-order valence-electron chi connectivity index (χ4n) is 1.81. The molecule has 110 valence electrons. The summed E-state index contributed by atoms with van der Waals surface area (Å²) < 4.78 is 28.0. The Balaban J connectivity index is 2.79. The molecule has 0 atom stereocenters. The van der Waals surface area contributed by atoms with E-state index in [1.165, 1.54) is 6.92 Å². The number of nitro benzene ring substituents is 1. The molecule has 2 aromatic rings. The minimum Gasteiger partial charge on any atom is -0.477 e. The number of halogens is 2. The minimum atomic E-state index is -1.36. The van der Waals surface area contributed by atoms with Crippen LogP contribution in [0.4, 0.5) is 20.2 Å². The zero-order chi connectivity index (χ0) is 15.9. The van der Waals surface area contributed by atoms with Crippen molar-refractivity contribution >= 4 is 28.7 Å². The Hall–Kier alpha value is -2.55. The lowest BCUT2D eigenvalue weighted by Gasteiger charge is -2.04. The summed E-state index contributed by atoms with van der Waals surface area (Å²) in [5, 5.41) is 19.7. The summed E-state index contributed by atoms with van der Waals surface area (Å²) in [5.74, 6) is -3.72. The maximum atomic E-state index is 14.1. The second kappa shape index (κ2) is 5.09. The number of nitrogens with zero attached hydrogens (tertiary/aromatic N) is 1. The zero-order valence-electron chi connectivity index (χ0n) is 10.5. The van der Waals surface area contributed by atoms with Crippen molar-refractivity contribution in [2.24, 2.45) is 0 Å². The molecule has 21 heavy (non-hydrogen) atoms. The van der Waals surface area contributed by atoms with Crippen LogP contribution in [0, 0.1) is 28.7 Å². The van der Waals surface area contributed by atoms with Crippen LogP contribution < -0.4 is 5.73 Å². The number of carbonyl (C=O) groups is 1. The highest BCUT2D eigenvalue weighted by Crippen LogP contribution is 2.42. The summed E-state index contributed by atoms with van der Waals surface area (Å²) in [4.78, 5) is 20.4. The number of benzene rings is 1. The van der Waals surface area contributed by atoms with Crippen LogP contribution in [0.3, 0.4) is 0 Å². The smallest absolute Gasteiger partial charge is 0.348 e. The molecular formula is C12H8F2N2O4S. The summed E-state index contributed by atoms with van der Waals surface area (Å²) in [7, 11) is 0. The van der Waals surface area contributed by atoms with Gasteiger partial charge in [0.05, 0.1) is 16.2 Å². The summed E-state index contributed by atoms with van der Waals surface area (Å²) in [6, 6.07) is 1.46. The van der Waals surface area contributed by atoms with Gasteiger partial charge in [0.2, 0.25) is 5.82 Å². The van der Waals surface area contributed by atoms with Gasteiger partial charge in [-0.15, -0.1) is 11.3 Å². The van der Waals surface area contributed by atoms with Crippen molar-refractivity contribution in [1.82, 2.24) is 0 Å². The third-order valence-corrected chi connectivity index (χ3v) is 4.20. The molecule has 0 fully saturated rings. The predicted molar refractivity (Wildman–Crippen MR) is 72.4 cm³/mol. The summed E-state index contributed by atoms with van der Waals surface area (Å²) >= 11 is 0.569. The molecule has 0 spiro atoms. The third-order valence-electron chi connectivity index (χ3n) is 2.88. The molecule has 2 rings (SSSR count). The van der Waals surface area contributed by atoms with E-state index in [1.807, 2.05) is 0 Å². The quantitative estimate of drug-likeness (QED) is 0.668. The number of nitro groups is 1. The Kier molecular flexibility index (Phi) is 3.60. The number of hydrogen-bond donors (Lipinski definition) is 2. The van der Waals surface area contributed by atoms with Gasteiger partial charge in [0.1, 0.15) is 10.7 Å². The number of aromatic carboxylic acids is 1. The first-order valence-electron chi connectivity index (χ1n) is 5.50. The van der Waals surface area contributed by atoms with Crippen LogP contribution in [0.1, 0.15) is 15.2 Å². The number of carboxylic acids is 1. The normalized spacial score (nSPS) is 10.6. The highest BCUT2D eigenvalue weighted by atomic mass is 32.1. The standard InChI is InChI=1S/C12H8F2N2O4S/c1-4-9(15)11(12(17)18)21-10(4)7-5(13)2-3-6(8(7)14)16(19)20/h2-3H,15H2,1H3,(H,17,18). The third kappa shape index (κ3) is 2.31. The lowest BCUT2D eigenvalue weighted by Crippen LogP contribution is -1.98. The van der Waals surface area contributed by atoms with Crippen molar-refractivity contribution in [3.05, 3.63) is 44.3 Å². The van der Waals surface area contributed by atoms with Crippen molar-refractivity contribution in [1.29, 1.82) is 0 Å². The van der Waals surface area contributed by atoms with Crippen molar-refractivity contribution in [2.45, 2.75) is 6.92 Å². The van der Waals surface area contributed by atoms with Gasteiger partial charge < -0.3 is 10.8 Å². The molecule has 1 aromatic heterocycles. The summed E-state index contributed by atoms with van der Waals surface area (Å²) in [6.45, 7) is 1.39. The number of carboxylic acid groups (broad SMARTS) is 1. The van der Waals surface area contributed by atoms with Gasteiger partial charge in [-0.1, -0.05) is 0 Å². The number of hydrogen-bond acceptors (Lipinski definition) is 5. The lowest BCUT2D eigenvalue weighted by atomic mass is 10.1. The molecule has 0 saturated heterocycles. The molecule has 3 N–H and O–H groups in total. The van der Waals surface area contributed by atoms with Gasteiger partial charge in [-0.05, 0) is 18.6 Å². The highest BCUT2D eigenvalue weighted by Gasteiger charge is 2.27. The molecule has 0 saturated carbocycles. The van der Waals surface area contributed by atoms with Crippen LogP contribution in [-0.4, -0.2) is 16.0 Å². The average Bonchev–Trinajstić information content (AvgIpc) is 2.67. The van der Waals surface area contributed by atoms with Crippen LogP contribution in [0.15, 0.2) is 12.1 Å². The van der Waals surface area contributed by atoms with Gasteiger partial charge in [0.15, 0.2) is 0 Å². The van der Waals surface area contributed by atoms with E-state index in [4.69, 9.17) is 10.8 Å². The van der Waals surface area contributed by atoms with Crippen molar-refractivity contribution in [2.75, 3.05) is 5.73 Å². The average molecular weight is 314 g/mol. The first-order chi connectivity index (χ1) is 9.75. The summed E-state index contributed by atoms with van der Waals surface area (Å²) in [6.07, 6.45) is 0. The van der Waals surface area contributed by atoms with E-state index in [1.54, 1.807) is 0 Å². The van der Waals surface area contributed by atoms with E-state index < -0.39 is 33.8 Å². The first kappa shape index (κ1) is 14.9. The molecule has 0 aliphatic carbocycles. The first-order valence-corrected chi connectivity index (χ1v) is 6.32. The molecule has 0 amide bonds. The van der Waals surface area contributed by atoms with E-state index >= 15 is 0 Å². The van der Waals surface area contributed by atoms with E-state index in [0.29, 0.717) is 17.4 Å². The predicted octanol–water partition coefficient (Wildman–Crippen LogP) is 3.19. The molecular weight excluding hydrogens is 306 g/mol. The van der Waals surface area contributed by atoms with Crippen LogP contribution in [0.2, 0.25) is 0 Å². The van der Waals surface area contributed by atoms with E-state index in [9.17, 15) is 23.7 Å². The van der Waals surface area contributed by atoms with E-state index in [0.717, 1.165) is 6.07 Å². The zero-order valence-corrected chi connectivity index (χ0v) is 11.3. The number of rotatable bonds is 3. The van der Waals surface area contributed by atoms with E-state index in [2.05, 4.69) is 0 Å². The topological polar surface area (TPSA) is 106 Å². The minimum absolute atomic E-state index is 0.0800. The maximum Gasteiger partial charge on any atom is 0.348 e. The molecule has 0 aliphatic rings. The summed E-state index contributed by atoms with van der Waals surface area (Å²) in [5.41, 5.74) is 4.09. The molecule has 6 nitrogen and oxygen atoms in total. The molecule has 0 unspecified atom stereocenters. The number of nitrogens with two attached hydrogens (primary N) is 1. The largest absolute Gasteiger partial charge is 0.477 e. The molecule has 1 aromatic carbocycles. The Bertz CT molecular complexity index is 773. The number of anilines is 1. The molecule has 0 aliphatic heterocycles. The van der Waals surface area contributed by atoms with Crippen molar-refractivity contribution in [3.63, 3.8) is 0 Å². The van der Waals surface area contributed by atoms with Gasteiger partial charge in [-0.3, -0.25) is 10.1 Å². The monoisotopic (exact) mass is 314 g/mol. The Labute approximate surface area is 120 Å². The second-order valence-corrected chi connectivity index (χ2v) is 5.14. The fraction of sp³-hybridized carbons (Fsp3) is 0.0833. The van der Waals surface area contributed by atoms with Gasteiger partial charge in [-0.25, -0.2) is 9.18 Å². The molecule has 0 bridgehead atoms. The number of nitrogen functional groups attached to an aromatic ring is 1. The van der Waals surface area contributed by atoms with Crippen molar-refractivity contribution in [3.8, 4) is 10.4 Å². The highest BCUT2D eigenvalue weighted by molar-refractivity contribution is 7.18. The van der Waals surface area contributed by atoms with Crippen molar-refractivity contribution < 1.29 is 23.6 Å². The van der Waals surface area contributed by atoms with Crippen LogP contribution >= 0.6 is 11.3 Å². The van der Waals surface area contributed by atoms with Crippen LogP contribution in [0.25, 0.3) is 10.4 Å². The maximum absolute atomic E-state index is 14.1. The second-order valence-electron chi connectivity index (χ2n) is 4.12. The molecule has 0 radical (unpaired) electrons. The van der Waals surface area contributed by atoms with Crippen LogP contribution in [0.5, 0.6) is 0 Å². The van der Waals surface area contributed by atoms with Gasteiger partial charge in [0, 0.05) is 10.9 Å². The molecule has 1 heterocycles. The van der Waals surface area contributed by atoms with E-state index in [-0.39, 0.29) is 21.0 Å². The SMILES string of the molecule is Cc1c(-c2c(F)ccc([N+](=O)[O-])c2F)sc(C(=O)O)c1N. The Morgan fingerprint density at radius 1 is 1.43 bits per heavy atom.